The molecule has 0 unspecified atom stereocenters. The number of nitrogens with one attached hydrogen (secondary N) is 3. The van der Waals surface area contributed by atoms with Crippen LogP contribution in [0, 0.1) is 0 Å². The number of pyridine rings is 1. The summed E-state index contributed by atoms with van der Waals surface area (Å²) in [5, 5.41) is 5.01. The summed E-state index contributed by atoms with van der Waals surface area (Å²) >= 11 is 0. The lowest BCUT2D eigenvalue weighted by molar-refractivity contribution is -0.124. The third-order valence-corrected chi connectivity index (χ3v) is 5.52. The fourth-order valence-corrected chi connectivity index (χ4v) is 3.65. The summed E-state index contributed by atoms with van der Waals surface area (Å²) in [6.07, 6.45) is 3.65. The predicted octanol–water partition coefficient (Wildman–Crippen LogP) is 0.666. The van der Waals surface area contributed by atoms with Crippen LogP contribution in [0.25, 0.3) is 0 Å². The third-order valence-electron chi connectivity index (χ3n) is 4.06. The van der Waals surface area contributed by atoms with Gasteiger partial charge in [-0.05, 0) is 24.3 Å². The first-order valence-corrected chi connectivity index (χ1v) is 10.8. The number of sulfonamides is 1. The predicted molar refractivity (Wildman–Crippen MR) is 108 cm³/mol. The molecule has 1 aromatic heterocycles. The maximum absolute atomic E-state index is 12.4. The number of rotatable bonds is 8. The Balaban J connectivity index is 1.44. The van der Waals surface area contributed by atoms with Crippen molar-refractivity contribution in [3.63, 3.8) is 0 Å². The summed E-state index contributed by atoms with van der Waals surface area (Å²) in [5.41, 5.74) is 0.514. The smallest absolute Gasteiger partial charge is 0.243 e. The number of benzene rings is 1. The van der Waals surface area contributed by atoms with Crippen molar-refractivity contribution in [2.45, 2.75) is 17.7 Å². The summed E-state index contributed by atoms with van der Waals surface area (Å²) in [5.74, 6) is -0.00930. The highest BCUT2D eigenvalue weighted by Gasteiger charge is 2.19. The molecule has 11 heteroatoms. The van der Waals surface area contributed by atoms with Gasteiger partial charge in [0.25, 0.3) is 0 Å². The molecule has 1 aliphatic rings. The zero-order chi connectivity index (χ0) is 21.4. The summed E-state index contributed by atoms with van der Waals surface area (Å²) in [6.45, 7) is 0.598. The molecule has 30 heavy (non-hydrogen) atoms. The number of fused-ring (bicyclic) bond motifs is 1. The fourth-order valence-electron chi connectivity index (χ4n) is 2.60. The molecule has 1 aromatic carbocycles. The van der Waals surface area contributed by atoms with Crippen molar-refractivity contribution in [2.75, 3.05) is 31.6 Å². The lowest BCUT2D eigenvalue weighted by Gasteiger charge is -2.11. The maximum Gasteiger partial charge on any atom is 0.243 e. The highest BCUT2D eigenvalue weighted by molar-refractivity contribution is 7.89. The number of carbonyl (C=O) groups excluding carboxylic acids is 2. The number of amides is 2. The molecule has 160 valence electrons. The van der Waals surface area contributed by atoms with E-state index in [1.54, 1.807) is 24.4 Å². The largest absolute Gasteiger partial charge is 0.490 e. The lowest BCUT2D eigenvalue weighted by atomic mass is 10.3. The van der Waals surface area contributed by atoms with Crippen molar-refractivity contribution in [3.05, 3.63) is 42.7 Å². The standard InChI is InChI=1S/C19H22N4O6S/c24-18(21-13-19(25)23-14-3-1-7-20-12-14)6-8-22-30(26,27)15-4-5-16-17(11-15)29-10-2-9-28-16/h1,3-5,7,11-12,22H,2,6,8-10,13H2,(H,21,24)(H,23,25). The van der Waals surface area contributed by atoms with E-state index in [2.05, 4.69) is 20.3 Å². The number of anilines is 1. The molecular weight excluding hydrogens is 412 g/mol. The molecule has 0 atom stereocenters. The summed E-state index contributed by atoms with van der Waals surface area (Å²) in [6, 6.07) is 7.69. The van der Waals surface area contributed by atoms with Gasteiger partial charge in [-0.25, -0.2) is 13.1 Å². The molecule has 0 aliphatic carbocycles. The Morgan fingerprint density at radius 3 is 2.63 bits per heavy atom. The summed E-state index contributed by atoms with van der Waals surface area (Å²) in [7, 11) is -3.83. The van der Waals surface area contributed by atoms with Crippen LogP contribution in [0.3, 0.4) is 0 Å². The molecule has 0 saturated heterocycles. The Morgan fingerprint density at radius 1 is 1.07 bits per heavy atom. The molecule has 3 N–H and O–H groups in total. The molecule has 3 rings (SSSR count). The highest BCUT2D eigenvalue weighted by atomic mass is 32.2. The number of nitrogens with zero attached hydrogens (tertiary/aromatic N) is 1. The van der Waals surface area contributed by atoms with E-state index in [9.17, 15) is 18.0 Å². The van der Waals surface area contributed by atoms with Crippen molar-refractivity contribution in [3.8, 4) is 11.5 Å². The molecule has 0 saturated carbocycles. The first-order chi connectivity index (χ1) is 14.4. The van der Waals surface area contributed by atoms with Crippen LogP contribution in [0.5, 0.6) is 11.5 Å². The first kappa shape index (κ1) is 21.5. The fraction of sp³-hybridized carbons (Fsp3) is 0.316. The van der Waals surface area contributed by atoms with Crippen molar-refractivity contribution in [1.82, 2.24) is 15.0 Å². The minimum absolute atomic E-state index is 0.0167. The van der Waals surface area contributed by atoms with Gasteiger partial charge in [0, 0.05) is 31.6 Å². The van der Waals surface area contributed by atoms with Gasteiger partial charge in [-0.1, -0.05) is 0 Å². The number of hydrogen-bond donors (Lipinski definition) is 3. The van der Waals surface area contributed by atoms with Crippen LogP contribution >= 0.6 is 0 Å². The van der Waals surface area contributed by atoms with E-state index < -0.39 is 21.8 Å². The van der Waals surface area contributed by atoms with Gasteiger partial charge in [-0.2, -0.15) is 0 Å². The second kappa shape index (κ2) is 10.0. The van der Waals surface area contributed by atoms with Crippen LogP contribution in [-0.4, -0.2) is 51.5 Å². The van der Waals surface area contributed by atoms with Gasteiger partial charge in [0.1, 0.15) is 0 Å². The number of carbonyl (C=O) groups is 2. The minimum atomic E-state index is -3.83. The number of ether oxygens (including phenoxy) is 2. The first-order valence-electron chi connectivity index (χ1n) is 9.30. The average Bonchev–Trinajstić information content (AvgIpc) is 2.98. The molecule has 0 spiro atoms. The van der Waals surface area contributed by atoms with E-state index in [-0.39, 0.29) is 24.4 Å². The normalized spacial score (nSPS) is 13.2. The Labute approximate surface area is 174 Å². The zero-order valence-electron chi connectivity index (χ0n) is 16.1. The molecule has 2 amide bonds. The molecule has 0 bridgehead atoms. The van der Waals surface area contributed by atoms with Gasteiger partial charge in [0.2, 0.25) is 21.8 Å². The second-order valence-corrected chi connectivity index (χ2v) is 8.14. The minimum Gasteiger partial charge on any atom is -0.490 e. The molecule has 0 radical (unpaired) electrons. The monoisotopic (exact) mass is 434 g/mol. The maximum atomic E-state index is 12.4. The van der Waals surface area contributed by atoms with E-state index >= 15 is 0 Å². The quantitative estimate of drug-likeness (QED) is 0.555. The molecular formula is C19H22N4O6S. The van der Waals surface area contributed by atoms with Gasteiger partial charge >= 0.3 is 0 Å². The van der Waals surface area contributed by atoms with Crippen LogP contribution in [0.1, 0.15) is 12.8 Å². The van der Waals surface area contributed by atoms with Crippen LogP contribution in [-0.2, 0) is 19.6 Å². The van der Waals surface area contributed by atoms with Crippen LogP contribution in [0.2, 0.25) is 0 Å². The van der Waals surface area contributed by atoms with Crippen molar-refractivity contribution >= 4 is 27.5 Å². The summed E-state index contributed by atoms with van der Waals surface area (Å²) < 4.78 is 38.2. The molecule has 2 heterocycles. The lowest BCUT2D eigenvalue weighted by Crippen LogP contribution is -2.35. The second-order valence-electron chi connectivity index (χ2n) is 6.37. The average molecular weight is 434 g/mol. The number of aromatic nitrogens is 1. The van der Waals surface area contributed by atoms with Gasteiger partial charge in [0.15, 0.2) is 11.5 Å². The highest BCUT2D eigenvalue weighted by Crippen LogP contribution is 2.31. The Hall–Kier alpha value is -3.18. The van der Waals surface area contributed by atoms with E-state index in [1.807, 2.05) is 0 Å². The van der Waals surface area contributed by atoms with Crippen molar-refractivity contribution < 1.29 is 27.5 Å². The summed E-state index contributed by atoms with van der Waals surface area (Å²) in [4.78, 5) is 27.6. The van der Waals surface area contributed by atoms with Gasteiger partial charge in [-0.15, -0.1) is 0 Å². The Morgan fingerprint density at radius 2 is 1.87 bits per heavy atom. The van der Waals surface area contributed by atoms with Gasteiger partial charge in [0.05, 0.1) is 36.5 Å². The molecule has 0 fully saturated rings. The van der Waals surface area contributed by atoms with E-state index in [0.717, 1.165) is 0 Å². The van der Waals surface area contributed by atoms with Crippen molar-refractivity contribution in [1.29, 1.82) is 0 Å². The van der Waals surface area contributed by atoms with E-state index in [0.29, 0.717) is 36.8 Å². The Kier molecular flexibility index (Phi) is 7.20. The molecule has 10 nitrogen and oxygen atoms in total. The van der Waals surface area contributed by atoms with Gasteiger partial charge in [-0.3, -0.25) is 14.6 Å². The molecule has 1 aliphatic heterocycles. The zero-order valence-corrected chi connectivity index (χ0v) is 16.9. The number of hydrogen-bond acceptors (Lipinski definition) is 7. The topological polar surface area (TPSA) is 136 Å². The Bertz CT molecular complexity index is 997. The van der Waals surface area contributed by atoms with Crippen LogP contribution < -0.4 is 24.8 Å². The van der Waals surface area contributed by atoms with Crippen molar-refractivity contribution in [2.24, 2.45) is 0 Å². The van der Waals surface area contributed by atoms with Crippen LogP contribution in [0.15, 0.2) is 47.6 Å². The third kappa shape index (κ3) is 6.16. The van der Waals surface area contributed by atoms with E-state index in [1.165, 1.54) is 18.3 Å². The van der Waals surface area contributed by atoms with Crippen LogP contribution in [0.4, 0.5) is 5.69 Å². The SMILES string of the molecule is O=C(CCNS(=O)(=O)c1ccc2c(c1)OCCCO2)NCC(=O)Nc1cccnc1. The van der Waals surface area contributed by atoms with E-state index in [4.69, 9.17) is 9.47 Å². The molecule has 2 aromatic rings. The van der Waals surface area contributed by atoms with Gasteiger partial charge < -0.3 is 20.1 Å².